The summed E-state index contributed by atoms with van der Waals surface area (Å²) in [4.78, 5) is 25.6. The van der Waals surface area contributed by atoms with Crippen LogP contribution in [0.4, 0.5) is 0 Å². The van der Waals surface area contributed by atoms with E-state index < -0.39 is 5.97 Å². The molecule has 16 heteroatoms. The molecule has 6 rings (SSSR count). The van der Waals surface area contributed by atoms with Crippen molar-refractivity contribution in [1.29, 1.82) is 0 Å². The van der Waals surface area contributed by atoms with Crippen LogP contribution in [0.25, 0.3) is 0 Å². The van der Waals surface area contributed by atoms with Crippen LogP contribution in [0.5, 0.6) is 57.5 Å². The maximum absolute atomic E-state index is 12.8. The van der Waals surface area contributed by atoms with Gasteiger partial charge in [0.05, 0.1) is 125 Å². The molecule has 4 aromatic rings. The number of esters is 2. The number of fused-ring (bicyclic) bond motifs is 2. The Morgan fingerprint density at radius 2 is 0.892 bits per heavy atom. The topological polar surface area (TPSA) is 145 Å². The Labute approximate surface area is 437 Å². The Morgan fingerprint density at radius 1 is 0.500 bits per heavy atom. The lowest BCUT2D eigenvalue weighted by Crippen LogP contribution is -2.52. The molecule has 0 bridgehead atoms. The van der Waals surface area contributed by atoms with Crippen LogP contribution in [0.3, 0.4) is 0 Å². The molecule has 0 spiro atoms. The van der Waals surface area contributed by atoms with Gasteiger partial charge in [-0.15, -0.1) is 0 Å². The van der Waals surface area contributed by atoms with Crippen molar-refractivity contribution in [2.45, 2.75) is 63.5 Å². The summed E-state index contributed by atoms with van der Waals surface area (Å²) in [5.74, 6) is 5.56. The number of hydrogen-bond acceptors (Lipinski definition) is 14. The summed E-state index contributed by atoms with van der Waals surface area (Å²) in [5.41, 5.74) is 6.88. The Bertz CT molecular complexity index is 2560. The zero-order valence-electron chi connectivity index (χ0n) is 45.6. The van der Waals surface area contributed by atoms with Gasteiger partial charge in [-0.3, -0.25) is 4.79 Å². The molecule has 2 aliphatic rings. The number of benzene rings is 4. The molecule has 2 aliphatic heterocycles. The normalized spacial score (nSPS) is 19.0. The lowest BCUT2D eigenvalue weighted by molar-refractivity contribution is -0.941. The minimum absolute atomic E-state index is 0.0411. The van der Waals surface area contributed by atoms with Gasteiger partial charge in [0.1, 0.15) is 12.1 Å². The quantitative estimate of drug-likeness (QED) is 0.0184. The summed E-state index contributed by atoms with van der Waals surface area (Å²) >= 11 is 0. The number of nitrogens with zero attached hydrogens (tertiary/aromatic N) is 2. The molecule has 0 N–H and O–H groups in total. The first kappa shape index (κ1) is 56.5. The largest absolute Gasteiger partial charge is 0.493 e. The molecule has 4 aromatic carbocycles. The number of rotatable bonds is 27. The average Bonchev–Trinajstić information content (AvgIpc) is 3.42. The lowest BCUT2D eigenvalue weighted by Gasteiger charge is -2.46. The summed E-state index contributed by atoms with van der Waals surface area (Å²) in [5, 5.41) is 0. The standard InChI is InChI=1S/C58H78N2O14/c1-59(25-21-41-35-47(63-3)49(65-5)37-43(41)45(59)29-39-31-51(67-7)57(71-11)52(32-39)68-8)23-17-27-73-55(61)19-15-13-14-16-20-56(62)74-28-18-24-60(2)26-22-42-36-48(64-4)50(66-6)38-44(42)46(60)30-40-33-53(69-9)58(72-12)54(34-40)70-10/h13-15,19,31-38,45-46H,16-18,20-30H2,1-12H3/q+2/b14-13?,19-15+/t45-,46-,59?,60?/m1/s1. The predicted molar refractivity (Wildman–Crippen MR) is 282 cm³/mol. The van der Waals surface area contributed by atoms with Crippen molar-refractivity contribution in [3.8, 4) is 57.5 Å². The molecular weight excluding hydrogens is 949 g/mol. The third-order valence-corrected chi connectivity index (χ3v) is 14.7. The van der Waals surface area contributed by atoms with Crippen LogP contribution in [-0.4, -0.2) is 145 Å². The van der Waals surface area contributed by atoms with E-state index in [2.05, 4.69) is 38.4 Å². The molecular formula is C58H78N2O14+2. The van der Waals surface area contributed by atoms with Gasteiger partial charge in [0.25, 0.3) is 0 Å². The molecule has 16 nitrogen and oxygen atoms in total. The van der Waals surface area contributed by atoms with Crippen LogP contribution < -0.4 is 47.4 Å². The summed E-state index contributed by atoms with van der Waals surface area (Å²) in [6.45, 7) is 3.90. The van der Waals surface area contributed by atoms with Crippen molar-refractivity contribution in [3.05, 3.63) is 106 Å². The summed E-state index contributed by atoms with van der Waals surface area (Å²) < 4.78 is 69.7. The molecule has 4 atom stereocenters. The van der Waals surface area contributed by atoms with Gasteiger partial charge in [-0.25, -0.2) is 4.79 Å². The number of methoxy groups -OCH3 is 10. The summed E-state index contributed by atoms with van der Waals surface area (Å²) in [6, 6.07) is 16.5. The van der Waals surface area contributed by atoms with Crippen molar-refractivity contribution in [3.63, 3.8) is 0 Å². The van der Waals surface area contributed by atoms with Gasteiger partial charge < -0.3 is 65.8 Å². The number of carbonyl (C=O) groups is 2. The fourth-order valence-corrected chi connectivity index (χ4v) is 10.7. The van der Waals surface area contributed by atoms with Crippen LogP contribution in [-0.2, 0) is 44.7 Å². The molecule has 0 radical (unpaired) electrons. The van der Waals surface area contributed by atoms with Crippen molar-refractivity contribution in [2.24, 2.45) is 0 Å². The minimum Gasteiger partial charge on any atom is -0.493 e. The van der Waals surface area contributed by atoms with Gasteiger partial charge in [0.15, 0.2) is 46.0 Å². The zero-order chi connectivity index (χ0) is 53.4. The molecule has 2 unspecified atom stereocenters. The van der Waals surface area contributed by atoms with Crippen LogP contribution in [0.2, 0.25) is 0 Å². The first-order valence-corrected chi connectivity index (χ1v) is 25.2. The van der Waals surface area contributed by atoms with E-state index in [0.717, 1.165) is 59.1 Å². The molecule has 0 aromatic heterocycles. The van der Waals surface area contributed by atoms with Gasteiger partial charge in [-0.1, -0.05) is 18.2 Å². The van der Waals surface area contributed by atoms with Crippen LogP contribution in [0.15, 0.2) is 72.8 Å². The first-order chi connectivity index (χ1) is 35.7. The van der Waals surface area contributed by atoms with Gasteiger partial charge in [0, 0.05) is 62.1 Å². The van der Waals surface area contributed by atoms with E-state index in [1.807, 2.05) is 30.3 Å². The van der Waals surface area contributed by atoms with E-state index in [1.54, 1.807) is 83.3 Å². The fourth-order valence-electron chi connectivity index (χ4n) is 10.7. The van der Waals surface area contributed by atoms with E-state index in [9.17, 15) is 9.59 Å². The van der Waals surface area contributed by atoms with Gasteiger partial charge in [0.2, 0.25) is 11.5 Å². The van der Waals surface area contributed by atoms with E-state index in [0.29, 0.717) is 96.2 Å². The molecule has 0 saturated heterocycles. The van der Waals surface area contributed by atoms with Crippen molar-refractivity contribution in [2.75, 3.05) is 125 Å². The summed E-state index contributed by atoms with van der Waals surface area (Å²) in [7, 11) is 20.8. The fraction of sp³-hybridized carbons (Fsp3) is 0.483. The number of ether oxygens (including phenoxy) is 12. The molecule has 74 heavy (non-hydrogen) atoms. The lowest BCUT2D eigenvalue weighted by atomic mass is 9.86. The van der Waals surface area contributed by atoms with Gasteiger partial charge >= 0.3 is 11.9 Å². The third kappa shape index (κ3) is 13.3. The monoisotopic (exact) mass is 1030 g/mol. The smallest absolute Gasteiger partial charge is 0.330 e. The number of carbonyl (C=O) groups excluding carboxylic acids is 2. The summed E-state index contributed by atoms with van der Waals surface area (Å²) in [6.07, 6.45) is 11.8. The third-order valence-electron chi connectivity index (χ3n) is 14.7. The van der Waals surface area contributed by atoms with E-state index in [1.165, 1.54) is 28.3 Å². The van der Waals surface area contributed by atoms with Crippen molar-refractivity contribution in [1.82, 2.24) is 0 Å². The van der Waals surface area contributed by atoms with Crippen LogP contribution in [0, 0.1) is 0 Å². The Hall–Kier alpha value is -6.78. The SMILES string of the molecule is COc1cc2c(cc1OC)[C@@H](Cc1cc(OC)c(OC)c(OC)c1)[N+](C)(CCCOC(=O)/C=C/C=CCCC(=O)OCCC[N+]1(C)CCc3cc(OC)c(OC)cc3[C@H]1Cc1cc(OC)c(OC)c(OC)c1)CC2. The highest BCUT2D eigenvalue weighted by atomic mass is 16.6. The number of hydrogen-bond donors (Lipinski definition) is 0. The van der Waals surface area contributed by atoms with E-state index in [4.69, 9.17) is 56.8 Å². The highest BCUT2D eigenvalue weighted by Crippen LogP contribution is 2.47. The second kappa shape index (κ2) is 26.4. The van der Waals surface area contributed by atoms with E-state index >= 15 is 0 Å². The number of quaternary nitrogens is 2. The average molecular weight is 1030 g/mol. The number of likely N-dealkylation sites (N-methyl/N-ethyl adjacent to an activating group) is 2. The van der Waals surface area contributed by atoms with Crippen molar-refractivity contribution < 1.29 is 75.4 Å². The van der Waals surface area contributed by atoms with Gasteiger partial charge in [-0.2, -0.15) is 0 Å². The second-order valence-electron chi connectivity index (χ2n) is 19.1. The highest BCUT2D eigenvalue weighted by Gasteiger charge is 2.42. The van der Waals surface area contributed by atoms with E-state index in [-0.39, 0.29) is 31.1 Å². The maximum Gasteiger partial charge on any atom is 0.330 e. The Balaban J connectivity index is 0.987. The van der Waals surface area contributed by atoms with Gasteiger partial charge in [-0.05, 0) is 77.2 Å². The molecule has 0 fully saturated rings. The molecule has 0 aliphatic carbocycles. The zero-order valence-corrected chi connectivity index (χ0v) is 45.6. The second-order valence-corrected chi connectivity index (χ2v) is 19.1. The molecule has 0 amide bonds. The minimum atomic E-state index is -0.426. The number of allylic oxidation sites excluding steroid dienone is 3. The maximum atomic E-state index is 12.8. The Kier molecular flexibility index (Phi) is 20.2. The van der Waals surface area contributed by atoms with Crippen LogP contribution in [0.1, 0.15) is 71.1 Å². The first-order valence-electron chi connectivity index (χ1n) is 25.2. The molecule has 2 heterocycles. The molecule has 402 valence electrons. The predicted octanol–water partition coefficient (Wildman–Crippen LogP) is 8.81. The Morgan fingerprint density at radius 3 is 1.28 bits per heavy atom. The van der Waals surface area contributed by atoms with Crippen molar-refractivity contribution >= 4 is 11.9 Å². The van der Waals surface area contributed by atoms with Crippen LogP contribution >= 0.6 is 0 Å². The molecule has 0 saturated carbocycles. The highest BCUT2D eigenvalue weighted by molar-refractivity contribution is 5.82.